The van der Waals surface area contributed by atoms with Crippen LogP contribution < -0.4 is 5.73 Å². The zero-order chi connectivity index (χ0) is 14.6. The van der Waals surface area contributed by atoms with Gasteiger partial charge in [-0.2, -0.15) is 0 Å². The van der Waals surface area contributed by atoms with Gasteiger partial charge in [-0.3, -0.25) is 4.79 Å². The molecule has 3 nitrogen and oxygen atoms in total. The van der Waals surface area contributed by atoms with Crippen LogP contribution in [0.25, 0.3) is 0 Å². The van der Waals surface area contributed by atoms with Crippen molar-refractivity contribution in [1.82, 2.24) is 0 Å². The van der Waals surface area contributed by atoms with Crippen molar-refractivity contribution >= 4 is 21.9 Å². The molecule has 1 rings (SSSR count). The summed E-state index contributed by atoms with van der Waals surface area (Å²) in [6, 6.07) is 4.47. The maximum Gasteiger partial charge on any atom is 0.306 e. The quantitative estimate of drug-likeness (QED) is 0.839. The Balaban J connectivity index is 2.75. The van der Waals surface area contributed by atoms with Gasteiger partial charge in [0.1, 0.15) is 5.82 Å². The Morgan fingerprint density at radius 3 is 2.68 bits per heavy atom. The fourth-order valence-electron chi connectivity index (χ4n) is 1.99. The van der Waals surface area contributed by atoms with E-state index < -0.39 is 0 Å². The number of esters is 1. The summed E-state index contributed by atoms with van der Waals surface area (Å²) in [6.45, 7) is 3.92. The molecular formula is C14H19BrFNO2. The van der Waals surface area contributed by atoms with Crippen molar-refractivity contribution in [3.63, 3.8) is 0 Å². The van der Waals surface area contributed by atoms with Gasteiger partial charge in [0.05, 0.1) is 18.0 Å². The fourth-order valence-corrected chi connectivity index (χ4v) is 2.39. The summed E-state index contributed by atoms with van der Waals surface area (Å²) in [7, 11) is 1.37. The van der Waals surface area contributed by atoms with Gasteiger partial charge >= 0.3 is 5.97 Å². The molecule has 0 spiro atoms. The van der Waals surface area contributed by atoms with E-state index in [1.165, 1.54) is 13.2 Å². The van der Waals surface area contributed by atoms with Crippen molar-refractivity contribution in [3.05, 3.63) is 34.1 Å². The SMILES string of the molecule is COC(=O)CC(C)(C)CC(N)c1ccc(F)c(Br)c1. The van der Waals surface area contributed by atoms with Crippen molar-refractivity contribution < 1.29 is 13.9 Å². The van der Waals surface area contributed by atoms with Crippen LogP contribution in [0.1, 0.15) is 38.3 Å². The van der Waals surface area contributed by atoms with Crippen LogP contribution in [0.5, 0.6) is 0 Å². The van der Waals surface area contributed by atoms with Crippen LogP contribution in [0.15, 0.2) is 22.7 Å². The van der Waals surface area contributed by atoms with Gasteiger partial charge in [-0.05, 0) is 45.5 Å². The predicted molar refractivity (Wildman–Crippen MR) is 76.1 cm³/mol. The van der Waals surface area contributed by atoms with E-state index in [2.05, 4.69) is 20.7 Å². The van der Waals surface area contributed by atoms with Gasteiger partial charge in [0.2, 0.25) is 0 Å². The molecule has 0 aliphatic heterocycles. The second-order valence-corrected chi connectivity index (χ2v) is 6.26. The summed E-state index contributed by atoms with van der Waals surface area (Å²) in [5.41, 5.74) is 6.69. The molecule has 0 bridgehead atoms. The summed E-state index contributed by atoms with van der Waals surface area (Å²) in [5.74, 6) is -0.567. The highest BCUT2D eigenvalue weighted by molar-refractivity contribution is 9.10. The number of methoxy groups -OCH3 is 1. The Kier molecular flexibility index (Phi) is 5.50. The average Bonchev–Trinajstić information content (AvgIpc) is 2.31. The zero-order valence-electron chi connectivity index (χ0n) is 11.4. The van der Waals surface area contributed by atoms with Gasteiger partial charge in [0.25, 0.3) is 0 Å². The molecule has 0 fully saturated rings. The lowest BCUT2D eigenvalue weighted by Crippen LogP contribution is -2.24. The molecule has 0 saturated carbocycles. The molecule has 1 aromatic rings. The van der Waals surface area contributed by atoms with E-state index in [1.54, 1.807) is 12.1 Å². The summed E-state index contributed by atoms with van der Waals surface area (Å²) in [4.78, 5) is 11.3. The molecule has 106 valence electrons. The van der Waals surface area contributed by atoms with E-state index >= 15 is 0 Å². The minimum absolute atomic E-state index is 0.252. The van der Waals surface area contributed by atoms with E-state index in [0.717, 1.165) is 5.56 Å². The van der Waals surface area contributed by atoms with E-state index in [9.17, 15) is 9.18 Å². The highest BCUT2D eigenvalue weighted by Gasteiger charge is 2.26. The topological polar surface area (TPSA) is 52.3 Å². The minimum Gasteiger partial charge on any atom is -0.469 e. The lowest BCUT2D eigenvalue weighted by molar-refractivity contribution is -0.143. The normalized spacial score (nSPS) is 13.2. The number of nitrogens with two attached hydrogens (primary N) is 1. The number of hydrogen-bond acceptors (Lipinski definition) is 3. The Hall–Kier alpha value is -0.940. The molecule has 1 unspecified atom stereocenters. The van der Waals surface area contributed by atoms with Crippen LogP contribution in [0.2, 0.25) is 0 Å². The summed E-state index contributed by atoms with van der Waals surface area (Å²) >= 11 is 3.14. The van der Waals surface area contributed by atoms with Crippen molar-refractivity contribution in [2.45, 2.75) is 32.7 Å². The zero-order valence-corrected chi connectivity index (χ0v) is 13.0. The standard InChI is InChI=1S/C14H19BrFNO2/c1-14(2,8-13(18)19-3)7-12(17)9-4-5-11(16)10(15)6-9/h4-6,12H,7-8,17H2,1-3H3. The molecular weight excluding hydrogens is 313 g/mol. The first-order chi connectivity index (χ1) is 8.75. The van der Waals surface area contributed by atoms with Crippen molar-refractivity contribution in [2.75, 3.05) is 7.11 Å². The van der Waals surface area contributed by atoms with Gasteiger partial charge in [-0.25, -0.2) is 4.39 Å². The highest BCUT2D eigenvalue weighted by atomic mass is 79.9. The third-order valence-electron chi connectivity index (χ3n) is 2.99. The van der Waals surface area contributed by atoms with Gasteiger partial charge in [0, 0.05) is 6.04 Å². The van der Waals surface area contributed by atoms with Crippen LogP contribution in [0.3, 0.4) is 0 Å². The maximum atomic E-state index is 13.2. The molecule has 5 heteroatoms. The highest BCUT2D eigenvalue weighted by Crippen LogP contribution is 2.33. The number of halogens is 2. The number of hydrogen-bond donors (Lipinski definition) is 1. The number of rotatable bonds is 5. The van der Waals surface area contributed by atoms with Gasteiger partial charge < -0.3 is 10.5 Å². The summed E-state index contributed by atoms with van der Waals surface area (Å²) in [5, 5.41) is 0. The third-order valence-corrected chi connectivity index (χ3v) is 3.60. The molecule has 0 aliphatic rings. The van der Waals surface area contributed by atoms with E-state index in [-0.39, 0.29) is 23.2 Å². The first kappa shape index (κ1) is 16.1. The molecule has 1 atom stereocenters. The molecule has 1 aromatic carbocycles. The molecule has 2 N–H and O–H groups in total. The Labute approximate surface area is 121 Å². The Morgan fingerprint density at radius 1 is 1.53 bits per heavy atom. The van der Waals surface area contributed by atoms with Crippen molar-refractivity contribution in [3.8, 4) is 0 Å². The molecule has 0 aromatic heterocycles. The van der Waals surface area contributed by atoms with E-state index in [4.69, 9.17) is 5.73 Å². The predicted octanol–water partition coefficient (Wildman–Crippen LogP) is 3.57. The number of carbonyl (C=O) groups excluding carboxylic acids is 1. The van der Waals surface area contributed by atoms with Crippen LogP contribution >= 0.6 is 15.9 Å². The van der Waals surface area contributed by atoms with Crippen LogP contribution in [0.4, 0.5) is 4.39 Å². The average molecular weight is 332 g/mol. The monoisotopic (exact) mass is 331 g/mol. The van der Waals surface area contributed by atoms with Crippen LogP contribution in [-0.4, -0.2) is 13.1 Å². The summed E-state index contributed by atoms with van der Waals surface area (Å²) < 4.78 is 18.2. The lowest BCUT2D eigenvalue weighted by atomic mass is 9.81. The molecule has 0 amide bonds. The smallest absolute Gasteiger partial charge is 0.306 e. The van der Waals surface area contributed by atoms with Crippen LogP contribution in [-0.2, 0) is 9.53 Å². The Morgan fingerprint density at radius 2 is 2.16 bits per heavy atom. The van der Waals surface area contributed by atoms with E-state index in [0.29, 0.717) is 17.3 Å². The molecule has 0 radical (unpaired) electrons. The second-order valence-electron chi connectivity index (χ2n) is 5.40. The van der Waals surface area contributed by atoms with Gasteiger partial charge in [0.15, 0.2) is 0 Å². The largest absolute Gasteiger partial charge is 0.469 e. The Bertz CT molecular complexity index is 463. The third kappa shape index (κ3) is 4.91. The van der Waals surface area contributed by atoms with Crippen molar-refractivity contribution in [2.24, 2.45) is 11.1 Å². The summed E-state index contributed by atoms with van der Waals surface area (Å²) in [6.07, 6.45) is 0.916. The van der Waals surface area contributed by atoms with Crippen LogP contribution in [0, 0.1) is 11.2 Å². The molecule has 19 heavy (non-hydrogen) atoms. The number of benzene rings is 1. The maximum absolute atomic E-state index is 13.2. The number of carbonyl (C=O) groups is 1. The minimum atomic E-state index is -0.315. The van der Waals surface area contributed by atoms with E-state index in [1.807, 2.05) is 13.8 Å². The second kappa shape index (κ2) is 6.48. The molecule has 0 aliphatic carbocycles. The lowest BCUT2D eigenvalue weighted by Gasteiger charge is -2.27. The first-order valence-corrected chi connectivity index (χ1v) is 6.82. The van der Waals surface area contributed by atoms with Crippen molar-refractivity contribution in [1.29, 1.82) is 0 Å². The van der Waals surface area contributed by atoms with Gasteiger partial charge in [-0.1, -0.05) is 19.9 Å². The first-order valence-electron chi connectivity index (χ1n) is 6.02. The fraction of sp³-hybridized carbons (Fsp3) is 0.500. The molecule has 0 heterocycles. The molecule has 0 saturated heterocycles. The number of ether oxygens (including phenoxy) is 1. The van der Waals surface area contributed by atoms with Gasteiger partial charge in [-0.15, -0.1) is 0 Å².